The van der Waals surface area contributed by atoms with Crippen LogP contribution >= 0.6 is 0 Å². The number of alkyl halides is 3. The third-order valence-electron chi connectivity index (χ3n) is 2.67. The summed E-state index contributed by atoms with van der Waals surface area (Å²) in [6, 6.07) is 9.16. The Balaban J connectivity index is 1.92. The van der Waals surface area contributed by atoms with Gasteiger partial charge in [0, 0.05) is 12.5 Å². The van der Waals surface area contributed by atoms with Crippen LogP contribution in [0.5, 0.6) is 0 Å². The SMILES string of the molecule is O=C(NC1CC(c2ccccc2)NN1)C(F)(F)F. The zero-order valence-electron chi connectivity index (χ0n) is 9.29. The van der Waals surface area contributed by atoms with Crippen molar-refractivity contribution in [2.75, 3.05) is 0 Å². The van der Waals surface area contributed by atoms with Crippen molar-refractivity contribution in [2.45, 2.75) is 24.8 Å². The fourth-order valence-electron chi connectivity index (χ4n) is 1.79. The van der Waals surface area contributed by atoms with Crippen molar-refractivity contribution in [3.8, 4) is 0 Å². The number of rotatable bonds is 2. The largest absolute Gasteiger partial charge is 0.471 e. The summed E-state index contributed by atoms with van der Waals surface area (Å²) in [4.78, 5) is 10.8. The van der Waals surface area contributed by atoms with Crippen LogP contribution in [0.1, 0.15) is 18.0 Å². The number of halogens is 3. The van der Waals surface area contributed by atoms with Gasteiger partial charge < -0.3 is 5.32 Å². The van der Waals surface area contributed by atoms with Crippen LogP contribution in [0, 0.1) is 0 Å². The summed E-state index contributed by atoms with van der Waals surface area (Å²) in [5, 5.41) is 1.88. The van der Waals surface area contributed by atoms with Crippen LogP contribution in [0.2, 0.25) is 0 Å². The summed E-state index contributed by atoms with van der Waals surface area (Å²) >= 11 is 0. The summed E-state index contributed by atoms with van der Waals surface area (Å²) in [5.41, 5.74) is 6.43. The summed E-state index contributed by atoms with van der Waals surface area (Å²) in [7, 11) is 0. The van der Waals surface area contributed by atoms with E-state index in [4.69, 9.17) is 0 Å². The van der Waals surface area contributed by atoms with E-state index in [0.29, 0.717) is 6.42 Å². The van der Waals surface area contributed by atoms with Gasteiger partial charge in [-0.15, -0.1) is 0 Å². The molecule has 1 heterocycles. The Morgan fingerprint density at radius 2 is 1.89 bits per heavy atom. The Morgan fingerprint density at radius 3 is 2.50 bits per heavy atom. The topological polar surface area (TPSA) is 53.2 Å². The first-order valence-electron chi connectivity index (χ1n) is 5.40. The molecule has 1 aromatic carbocycles. The van der Waals surface area contributed by atoms with Crippen LogP contribution < -0.4 is 16.2 Å². The Bertz CT molecular complexity index is 421. The lowest BCUT2D eigenvalue weighted by atomic mass is 10.0. The van der Waals surface area contributed by atoms with E-state index in [1.54, 1.807) is 0 Å². The predicted molar refractivity (Wildman–Crippen MR) is 58.1 cm³/mol. The third-order valence-corrected chi connectivity index (χ3v) is 2.67. The smallest absolute Gasteiger partial charge is 0.332 e. The average Bonchev–Trinajstić information content (AvgIpc) is 2.77. The minimum Gasteiger partial charge on any atom is -0.332 e. The number of hydrazine groups is 1. The molecule has 2 atom stereocenters. The molecule has 18 heavy (non-hydrogen) atoms. The quantitative estimate of drug-likeness (QED) is 0.748. The number of hydrogen-bond acceptors (Lipinski definition) is 3. The number of amides is 1. The molecule has 0 aliphatic carbocycles. The van der Waals surface area contributed by atoms with Crippen LogP contribution in [0.3, 0.4) is 0 Å². The zero-order chi connectivity index (χ0) is 13.2. The van der Waals surface area contributed by atoms with Crippen LogP contribution in [0.25, 0.3) is 0 Å². The van der Waals surface area contributed by atoms with Gasteiger partial charge in [0.15, 0.2) is 0 Å². The van der Waals surface area contributed by atoms with E-state index < -0.39 is 18.2 Å². The minimum absolute atomic E-state index is 0.121. The molecule has 1 amide bonds. The van der Waals surface area contributed by atoms with E-state index in [9.17, 15) is 18.0 Å². The molecular formula is C11H12F3N3O. The van der Waals surface area contributed by atoms with Gasteiger partial charge >= 0.3 is 12.1 Å². The van der Waals surface area contributed by atoms with Crippen molar-refractivity contribution < 1.29 is 18.0 Å². The summed E-state index contributed by atoms with van der Waals surface area (Å²) in [5.74, 6) is -1.93. The average molecular weight is 259 g/mol. The number of nitrogens with one attached hydrogen (secondary N) is 3. The van der Waals surface area contributed by atoms with Gasteiger partial charge in [0.25, 0.3) is 0 Å². The van der Waals surface area contributed by atoms with E-state index in [1.807, 2.05) is 35.6 Å². The molecule has 2 unspecified atom stereocenters. The second-order valence-corrected chi connectivity index (χ2v) is 4.01. The molecule has 0 aromatic heterocycles. The maximum atomic E-state index is 12.1. The second-order valence-electron chi connectivity index (χ2n) is 4.01. The van der Waals surface area contributed by atoms with Crippen molar-refractivity contribution in [1.29, 1.82) is 0 Å². The van der Waals surface area contributed by atoms with Crippen LogP contribution in [0.4, 0.5) is 13.2 Å². The fraction of sp³-hybridized carbons (Fsp3) is 0.364. The molecular weight excluding hydrogens is 247 g/mol. The summed E-state index contributed by atoms with van der Waals surface area (Å²) < 4.78 is 36.2. The van der Waals surface area contributed by atoms with Gasteiger partial charge in [0.05, 0.1) is 6.17 Å². The number of benzene rings is 1. The second kappa shape index (κ2) is 4.95. The van der Waals surface area contributed by atoms with E-state index in [-0.39, 0.29) is 6.04 Å². The van der Waals surface area contributed by atoms with Gasteiger partial charge in [-0.3, -0.25) is 4.79 Å². The highest BCUT2D eigenvalue weighted by Crippen LogP contribution is 2.22. The van der Waals surface area contributed by atoms with Crippen molar-refractivity contribution in [2.24, 2.45) is 0 Å². The minimum atomic E-state index is -4.85. The molecule has 1 aliphatic heterocycles. The van der Waals surface area contributed by atoms with Gasteiger partial charge in [-0.2, -0.15) is 13.2 Å². The highest BCUT2D eigenvalue weighted by molar-refractivity contribution is 5.81. The Kier molecular flexibility index (Phi) is 3.53. The van der Waals surface area contributed by atoms with Crippen LogP contribution in [-0.2, 0) is 4.79 Å². The molecule has 0 radical (unpaired) electrons. The zero-order valence-corrected chi connectivity index (χ0v) is 9.29. The molecule has 3 N–H and O–H groups in total. The molecule has 98 valence electrons. The standard InChI is InChI=1S/C11H12F3N3O/c12-11(13,14)10(18)15-9-6-8(16-17-9)7-4-2-1-3-5-7/h1-5,8-9,16-17H,6H2,(H,15,18). The molecule has 2 rings (SSSR count). The highest BCUT2D eigenvalue weighted by atomic mass is 19.4. The Morgan fingerprint density at radius 1 is 1.22 bits per heavy atom. The molecule has 7 heteroatoms. The number of hydrogen-bond donors (Lipinski definition) is 3. The maximum Gasteiger partial charge on any atom is 0.471 e. The van der Waals surface area contributed by atoms with E-state index in [0.717, 1.165) is 5.56 Å². The molecule has 0 spiro atoms. The van der Waals surface area contributed by atoms with Crippen LogP contribution in [0.15, 0.2) is 30.3 Å². The van der Waals surface area contributed by atoms with Gasteiger partial charge in [-0.05, 0) is 5.56 Å². The number of carbonyl (C=O) groups is 1. The van der Waals surface area contributed by atoms with Crippen molar-refractivity contribution in [3.05, 3.63) is 35.9 Å². The predicted octanol–water partition coefficient (Wildman–Crippen LogP) is 1.23. The van der Waals surface area contributed by atoms with E-state index in [2.05, 4.69) is 10.9 Å². The van der Waals surface area contributed by atoms with Gasteiger partial charge in [-0.25, -0.2) is 10.9 Å². The summed E-state index contributed by atoms with van der Waals surface area (Å²) in [6.07, 6.45) is -5.23. The van der Waals surface area contributed by atoms with Crippen molar-refractivity contribution in [1.82, 2.24) is 16.2 Å². The highest BCUT2D eigenvalue weighted by Gasteiger charge is 2.40. The molecule has 0 bridgehead atoms. The monoisotopic (exact) mass is 259 g/mol. The number of carbonyl (C=O) groups excluding carboxylic acids is 1. The van der Waals surface area contributed by atoms with E-state index in [1.165, 1.54) is 0 Å². The lowest BCUT2D eigenvalue weighted by molar-refractivity contribution is -0.174. The first kappa shape index (κ1) is 12.8. The van der Waals surface area contributed by atoms with Gasteiger partial charge in [-0.1, -0.05) is 30.3 Å². The Labute approximate surface area is 102 Å². The summed E-state index contributed by atoms with van der Waals surface area (Å²) in [6.45, 7) is 0. The van der Waals surface area contributed by atoms with Crippen molar-refractivity contribution in [3.63, 3.8) is 0 Å². The lowest BCUT2D eigenvalue weighted by Crippen LogP contribution is -2.48. The first-order chi connectivity index (χ1) is 8.47. The van der Waals surface area contributed by atoms with E-state index >= 15 is 0 Å². The van der Waals surface area contributed by atoms with Crippen LogP contribution in [-0.4, -0.2) is 18.2 Å². The van der Waals surface area contributed by atoms with Crippen molar-refractivity contribution >= 4 is 5.91 Å². The molecule has 1 aliphatic rings. The van der Waals surface area contributed by atoms with Gasteiger partial charge in [0.1, 0.15) is 0 Å². The molecule has 1 saturated heterocycles. The molecule has 0 saturated carbocycles. The van der Waals surface area contributed by atoms with Gasteiger partial charge in [0.2, 0.25) is 0 Å². The maximum absolute atomic E-state index is 12.1. The third kappa shape index (κ3) is 2.99. The first-order valence-corrected chi connectivity index (χ1v) is 5.40. The fourth-order valence-corrected chi connectivity index (χ4v) is 1.79. The Hall–Kier alpha value is -1.60. The molecule has 1 fully saturated rings. The molecule has 4 nitrogen and oxygen atoms in total. The lowest BCUT2D eigenvalue weighted by Gasteiger charge is -2.13. The normalized spacial score (nSPS) is 23.9. The molecule has 1 aromatic rings.